The van der Waals surface area contributed by atoms with E-state index in [-0.39, 0.29) is 11.8 Å². The summed E-state index contributed by atoms with van der Waals surface area (Å²) in [6, 6.07) is 17.2. The number of hydrogen-bond acceptors (Lipinski definition) is 2. The molecule has 0 saturated carbocycles. The van der Waals surface area contributed by atoms with Crippen molar-refractivity contribution in [3.05, 3.63) is 70.2 Å². The summed E-state index contributed by atoms with van der Waals surface area (Å²) in [7, 11) is 0. The van der Waals surface area contributed by atoms with Crippen molar-refractivity contribution in [2.75, 3.05) is 13.1 Å². The van der Waals surface area contributed by atoms with E-state index in [1.807, 2.05) is 61.5 Å². The smallest absolute Gasteiger partial charge is 0.253 e. The minimum Gasteiger partial charge on any atom is -0.351 e. The van der Waals surface area contributed by atoms with Crippen molar-refractivity contribution >= 4 is 27.7 Å². The summed E-state index contributed by atoms with van der Waals surface area (Å²) < 4.78 is 0.942. The van der Waals surface area contributed by atoms with Gasteiger partial charge in [-0.05, 0) is 49.6 Å². The van der Waals surface area contributed by atoms with Crippen LogP contribution in [0, 0.1) is 5.41 Å². The van der Waals surface area contributed by atoms with Crippen LogP contribution in [0.2, 0.25) is 0 Å². The molecule has 1 heterocycles. The van der Waals surface area contributed by atoms with E-state index in [9.17, 15) is 9.59 Å². The summed E-state index contributed by atoms with van der Waals surface area (Å²) in [5.74, 6) is -0.00561. The van der Waals surface area contributed by atoms with Crippen LogP contribution in [0.1, 0.15) is 35.7 Å². The minimum absolute atomic E-state index is 0.00894. The molecule has 136 valence electrons. The molecule has 2 aromatic rings. The number of halogens is 1. The fourth-order valence-electron chi connectivity index (χ4n) is 3.36. The van der Waals surface area contributed by atoms with Gasteiger partial charge in [0.2, 0.25) is 5.91 Å². The van der Waals surface area contributed by atoms with Crippen LogP contribution in [0.5, 0.6) is 0 Å². The van der Waals surface area contributed by atoms with E-state index < -0.39 is 5.41 Å². The number of piperidine rings is 1. The van der Waals surface area contributed by atoms with Gasteiger partial charge in [0.25, 0.3) is 5.91 Å². The molecule has 1 atom stereocenters. The van der Waals surface area contributed by atoms with Gasteiger partial charge in [0, 0.05) is 29.7 Å². The Hall–Kier alpha value is -2.14. The predicted molar refractivity (Wildman–Crippen MR) is 106 cm³/mol. The van der Waals surface area contributed by atoms with Crippen molar-refractivity contribution in [1.29, 1.82) is 0 Å². The first kappa shape index (κ1) is 18.6. The Balaban J connectivity index is 1.64. The van der Waals surface area contributed by atoms with Crippen molar-refractivity contribution in [2.24, 2.45) is 5.41 Å². The molecule has 5 heteroatoms. The highest BCUT2D eigenvalue weighted by molar-refractivity contribution is 9.10. The molecule has 0 spiro atoms. The highest BCUT2D eigenvalue weighted by Crippen LogP contribution is 2.30. The Morgan fingerprint density at radius 3 is 2.50 bits per heavy atom. The maximum Gasteiger partial charge on any atom is 0.253 e. The standard InChI is InChI=1S/C21H23BrN2O2/c1-21(20(26)23-14-16-6-3-2-4-7-16)12-5-13-24(15-21)19(25)17-8-10-18(22)11-9-17/h2-4,6-11H,5,12-15H2,1H3,(H,23,26). The topological polar surface area (TPSA) is 49.4 Å². The van der Waals surface area contributed by atoms with Gasteiger partial charge >= 0.3 is 0 Å². The molecule has 2 aromatic carbocycles. The van der Waals surface area contributed by atoms with Crippen LogP contribution in [0.15, 0.2) is 59.1 Å². The molecule has 26 heavy (non-hydrogen) atoms. The first-order valence-electron chi connectivity index (χ1n) is 8.85. The van der Waals surface area contributed by atoms with Gasteiger partial charge in [-0.2, -0.15) is 0 Å². The first-order chi connectivity index (χ1) is 12.5. The third-order valence-electron chi connectivity index (χ3n) is 4.92. The largest absolute Gasteiger partial charge is 0.351 e. The monoisotopic (exact) mass is 414 g/mol. The van der Waals surface area contributed by atoms with Gasteiger partial charge in [0.1, 0.15) is 0 Å². The maximum atomic E-state index is 12.8. The van der Waals surface area contributed by atoms with Gasteiger partial charge < -0.3 is 10.2 Å². The third-order valence-corrected chi connectivity index (χ3v) is 5.45. The SMILES string of the molecule is CC1(C(=O)NCc2ccccc2)CCCN(C(=O)c2ccc(Br)cc2)C1. The molecule has 0 radical (unpaired) electrons. The van der Waals surface area contributed by atoms with E-state index in [1.54, 1.807) is 4.90 Å². The Bertz CT molecular complexity index is 776. The molecule has 1 aliphatic rings. The third kappa shape index (κ3) is 4.33. The summed E-state index contributed by atoms with van der Waals surface area (Å²) in [5, 5.41) is 3.03. The number of amides is 2. The number of likely N-dealkylation sites (tertiary alicyclic amines) is 1. The molecule has 1 aliphatic heterocycles. The molecule has 2 amide bonds. The van der Waals surface area contributed by atoms with E-state index in [0.717, 1.165) is 22.9 Å². The number of rotatable bonds is 4. The highest BCUT2D eigenvalue weighted by Gasteiger charge is 2.39. The van der Waals surface area contributed by atoms with Gasteiger partial charge in [0.05, 0.1) is 5.41 Å². The fourth-order valence-corrected chi connectivity index (χ4v) is 3.63. The molecule has 1 unspecified atom stereocenters. The van der Waals surface area contributed by atoms with E-state index in [4.69, 9.17) is 0 Å². The molecule has 0 aromatic heterocycles. The van der Waals surface area contributed by atoms with Crippen molar-refractivity contribution in [1.82, 2.24) is 10.2 Å². The lowest BCUT2D eigenvalue weighted by Gasteiger charge is -2.39. The summed E-state index contributed by atoms with van der Waals surface area (Å²) in [4.78, 5) is 27.4. The summed E-state index contributed by atoms with van der Waals surface area (Å²) >= 11 is 3.39. The molecule has 1 saturated heterocycles. The Labute approximate surface area is 162 Å². The lowest BCUT2D eigenvalue weighted by molar-refractivity contribution is -0.132. The van der Waals surface area contributed by atoms with Crippen LogP contribution in [0.4, 0.5) is 0 Å². The molecular formula is C21H23BrN2O2. The molecule has 1 N–H and O–H groups in total. The van der Waals surface area contributed by atoms with E-state index in [2.05, 4.69) is 21.2 Å². The highest BCUT2D eigenvalue weighted by atomic mass is 79.9. The summed E-state index contributed by atoms with van der Waals surface area (Å²) in [6.45, 7) is 3.60. The Morgan fingerprint density at radius 1 is 1.12 bits per heavy atom. The second kappa shape index (κ2) is 8.04. The zero-order valence-corrected chi connectivity index (χ0v) is 16.5. The molecule has 4 nitrogen and oxygen atoms in total. The quantitative estimate of drug-likeness (QED) is 0.821. The first-order valence-corrected chi connectivity index (χ1v) is 9.64. The lowest BCUT2D eigenvalue weighted by Crippen LogP contribution is -2.51. The van der Waals surface area contributed by atoms with Crippen LogP contribution in [-0.4, -0.2) is 29.8 Å². The zero-order chi connectivity index (χ0) is 18.6. The zero-order valence-electron chi connectivity index (χ0n) is 14.9. The summed E-state index contributed by atoms with van der Waals surface area (Å²) in [5.41, 5.74) is 1.17. The van der Waals surface area contributed by atoms with E-state index >= 15 is 0 Å². The number of benzene rings is 2. The van der Waals surface area contributed by atoms with Gasteiger partial charge in [-0.25, -0.2) is 0 Å². The van der Waals surface area contributed by atoms with E-state index in [0.29, 0.717) is 25.2 Å². The predicted octanol–water partition coefficient (Wildman–Crippen LogP) is 4.01. The van der Waals surface area contributed by atoms with Crippen LogP contribution in [-0.2, 0) is 11.3 Å². The van der Waals surface area contributed by atoms with Crippen LogP contribution in [0.25, 0.3) is 0 Å². The van der Waals surface area contributed by atoms with Crippen molar-refractivity contribution in [2.45, 2.75) is 26.3 Å². The van der Waals surface area contributed by atoms with Gasteiger partial charge in [-0.1, -0.05) is 46.3 Å². The average Bonchev–Trinajstić information content (AvgIpc) is 2.67. The molecule has 1 fully saturated rings. The maximum absolute atomic E-state index is 12.8. The van der Waals surface area contributed by atoms with Crippen LogP contribution < -0.4 is 5.32 Å². The Kier molecular flexibility index (Phi) is 5.77. The normalized spacial score (nSPS) is 19.8. The van der Waals surface area contributed by atoms with Gasteiger partial charge in [-0.15, -0.1) is 0 Å². The molecule has 0 aliphatic carbocycles. The van der Waals surface area contributed by atoms with Crippen LogP contribution in [0.3, 0.4) is 0 Å². The fraction of sp³-hybridized carbons (Fsp3) is 0.333. The second-order valence-electron chi connectivity index (χ2n) is 7.07. The number of nitrogens with one attached hydrogen (secondary N) is 1. The van der Waals surface area contributed by atoms with Crippen molar-refractivity contribution in [3.8, 4) is 0 Å². The van der Waals surface area contributed by atoms with Crippen molar-refractivity contribution in [3.63, 3.8) is 0 Å². The lowest BCUT2D eigenvalue weighted by atomic mass is 9.80. The number of carbonyl (C=O) groups excluding carboxylic acids is 2. The van der Waals surface area contributed by atoms with Crippen molar-refractivity contribution < 1.29 is 9.59 Å². The molecule has 0 bridgehead atoms. The molecular weight excluding hydrogens is 392 g/mol. The van der Waals surface area contributed by atoms with Gasteiger partial charge in [-0.3, -0.25) is 9.59 Å². The number of nitrogens with zero attached hydrogens (tertiary/aromatic N) is 1. The minimum atomic E-state index is -0.557. The van der Waals surface area contributed by atoms with Gasteiger partial charge in [0.15, 0.2) is 0 Å². The van der Waals surface area contributed by atoms with E-state index in [1.165, 1.54) is 0 Å². The second-order valence-corrected chi connectivity index (χ2v) is 7.98. The Morgan fingerprint density at radius 2 is 1.81 bits per heavy atom. The molecule has 3 rings (SSSR count). The number of hydrogen-bond donors (Lipinski definition) is 1. The van der Waals surface area contributed by atoms with Crippen LogP contribution >= 0.6 is 15.9 Å². The average molecular weight is 415 g/mol. The summed E-state index contributed by atoms with van der Waals surface area (Å²) in [6.07, 6.45) is 1.62. The number of carbonyl (C=O) groups is 2.